The van der Waals surface area contributed by atoms with E-state index in [1.807, 2.05) is 7.05 Å². The van der Waals surface area contributed by atoms with Gasteiger partial charge in [-0.2, -0.15) is 0 Å². The first-order valence-corrected chi connectivity index (χ1v) is 7.32. The van der Waals surface area contributed by atoms with E-state index in [2.05, 4.69) is 19.9 Å². The van der Waals surface area contributed by atoms with Gasteiger partial charge in [-0.3, -0.25) is 4.79 Å². The van der Waals surface area contributed by atoms with Crippen LogP contribution in [-0.4, -0.2) is 30.9 Å². The molecule has 0 fully saturated rings. The van der Waals surface area contributed by atoms with Gasteiger partial charge in [0.05, 0.1) is 4.88 Å². The van der Waals surface area contributed by atoms with Crippen LogP contribution in [0.2, 0.25) is 0 Å². The van der Waals surface area contributed by atoms with E-state index >= 15 is 0 Å². The molecule has 0 bridgehead atoms. The van der Waals surface area contributed by atoms with Crippen molar-refractivity contribution in [1.29, 1.82) is 0 Å². The number of nitrogens with zero attached hydrogens (tertiary/aromatic N) is 1. The molecule has 0 aromatic carbocycles. The van der Waals surface area contributed by atoms with Crippen LogP contribution in [0.5, 0.6) is 0 Å². The van der Waals surface area contributed by atoms with Crippen molar-refractivity contribution < 1.29 is 4.79 Å². The van der Waals surface area contributed by atoms with Gasteiger partial charge in [0.15, 0.2) is 0 Å². The van der Waals surface area contributed by atoms with Gasteiger partial charge in [-0.15, -0.1) is 23.7 Å². The highest BCUT2D eigenvalue weighted by molar-refractivity contribution is 7.14. The average molecular weight is 303 g/mol. The largest absolute Gasteiger partial charge is 0.340 e. The zero-order chi connectivity index (χ0) is 13.3. The molecule has 0 spiro atoms. The second kappa shape index (κ2) is 6.25. The van der Waals surface area contributed by atoms with E-state index in [1.54, 1.807) is 16.2 Å². The van der Waals surface area contributed by atoms with E-state index in [0.717, 1.165) is 17.7 Å². The Morgan fingerprint density at radius 2 is 2.16 bits per heavy atom. The fourth-order valence-corrected chi connectivity index (χ4v) is 3.65. The maximum Gasteiger partial charge on any atom is 0.263 e. The summed E-state index contributed by atoms with van der Waals surface area (Å²) in [7, 11) is 1.87. The smallest absolute Gasteiger partial charge is 0.263 e. The van der Waals surface area contributed by atoms with Crippen LogP contribution in [0.25, 0.3) is 0 Å². The molecule has 0 radical (unpaired) electrons. The van der Waals surface area contributed by atoms with E-state index in [9.17, 15) is 4.79 Å². The second-order valence-corrected chi connectivity index (χ2v) is 7.08. The van der Waals surface area contributed by atoms with Crippen molar-refractivity contribution in [2.75, 3.05) is 20.1 Å². The normalized spacial score (nSPS) is 13.9. The minimum absolute atomic E-state index is 0. The van der Waals surface area contributed by atoms with Crippen LogP contribution in [0.1, 0.15) is 40.4 Å². The van der Waals surface area contributed by atoms with Gasteiger partial charge in [0.1, 0.15) is 0 Å². The lowest BCUT2D eigenvalue weighted by molar-refractivity contribution is 0.0745. The Morgan fingerprint density at radius 1 is 1.47 bits per heavy atom. The Morgan fingerprint density at radius 3 is 2.74 bits per heavy atom. The molecule has 0 atom stereocenters. The topological polar surface area (TPSA) is 46.3 Å². The average Bonchev–Trinajstić information content (AvgIpc) is 2.87. The molecule has 5 heteroatoms. The molecule has 0 unspecified atom stereocenters. The van der Waals surface area contributed by atoms with Gasteiger partial charge >= 0.3 is 0 Å². The summed E-state index contributed by atoms with van der Waals surface area (Å²) in [5, 5.41) is 0. The predicted octanol–water partition coefficient (Wildman–Crippen LogP) is 2.72. The summed E-state index contributed by atoms with van der Waals surface area (Å²) in [5.74, 6) is 0.135. The Hall–Kier alpha value is -0.580. The quantitative estimate of drug-likeness (QED) is 0.929. The zero-order valence-corrected chi connectivity index (χ0v) is 13.5. The molecule has 1 aliphatic carbocycles. The fourth-order valence-electron chi connectivity index (χ4n) is 2.40. The molecular weight excluding hydrogens is 280 g/mol. The van der Waals surface area contributed by atoms with Crippen LogP contribution in [0, 0.1) is 5.41 Å². The standard InChI is InChI=1S/C14H22N2OS.ClH/c1-14(2,8-15)9-16(3)13(17)12-7-10-5-4-6-11(10)18-12;/h7H,4-6,8-9,15H2,1-3H3;1H. The van der Waals surface area contributed by atoms with E-state index in [1.165, 1.54) is 16.9 Å². The summed E-state index contributed by atoms with van der Waals surface area (Å²) in [6.45, 7) is 5.47. The molecule has 19 heavy (non-hydrogen) atoms. The molecule has 0 saturated carbocycles. The third-order valence-corrected chi connectivity index (χ3v) is 4.75. The van der Waals surface area contributed by atoms with E-state index in [4.69, 9.17) is 5.73 Å². The summed E-state index contributed by atoms with van der Waals surface area (Å²) >= 11 is 1.67. The summed E-state index contributed by atoms with van der Waals surface area (Å²) < 4.78 is 0. The van der Waals surface area contributed by atoms with Crippen LogP contribution >= 0.6 is 23.7 Å². The number of fused-ring (bicyclic) bond motifs is 1. The molecule has 1 aromatic rings. The minimum atomic E-state index is -0.0234. The summed E-state index contributed by atoms with van der Waals surface area (Å²) in [4.78, 5) is 16.4. The molecule has 3 nitrogen and oxygen atoms in total. The number of halogens is 1. The first-order valence-electron chi connectivity index (χ1n) is 6.50. The van der Waals surface area contributed by atoms with Gasteiger partial charge in [-0.05, 0) is 42.9 Å². The van der Waals surface area contributed by atoms with Crippen molar-refractivity contribution in [3.63, 3.8) is 0 Å². The monoisotopic (exact) mass is 302 g/mol. The second-order valence-electron chi connectivity index (χ2n) is 5.94. The van der Waals surface area contributed by atoms with Crippen molar-refractivity contribution in [3.05, 3.63) is 21.4 Å². The van der Waals surface area contributed by atoms with E-state index in [-0.39, 0.29) is 23.7 Å². The van der Waals surface area contributed by atoms with Crippen LogP contribution in [0.15, 0.2) is 6.07 Å². The van der Waals surface area contributed by atoms with Gasteiger partial charge in [-0.1, -0.05) is 13.8 Å². The predicted molar refractivity (Wildman–Crippen MR) is 83.4 cm³/mol. The van der Waals surface area contributed by atoms with Gasteiger partial charge in [0.2, 0.25) is 0 Å². The molecule has 2 rings (SSSR count). The van der Waals surface area contributed by atoms with E-state index < -0.39 is 0 Å². The minimum Gasteiger partial charge on any atom is -0.340 e. The Kier molecular flexibility index (Phi) is 5.42. The highest BCUT2D eigenvalue weighted by Gasteiger charge is 2.24. The third kappa shape index (κ3) is 3.71. The van der Waals surface area contributed by atoms with Crippen molar-refractivity contribution in [2.45, 2.75) is 33.1 Å². The molecule has 2 N–H and O–H groups in total. The molecule has 0 saturated heterocycles. The molecular formula is C14H23ClN2OS. The first kappa shape index (κ1) is 16.5. The summed E-state index contributed by atoms with van der Waals surface area (Å²) in [5.41, 5.74) is 7.08. The lowest BCUT2D eigenvalue weighted by Crippen LogP contribution is -2.39. The van der Waals surface area contributed by atoms with Crippen LogP contribution in [0.4, 0.5) is 0 Å². The highest BCUT2D eigenvalue weighted by atomic mass is 35.5. The Bertz CT molecular complexity index is 435. The summed E-state index contributed by atoms with van der Waals surface area (Å²) in [6.07, 6.45) is 3.52. The van der Waals surface area contributed by atoms with Gasteiger partial charge in [0.25, 0.3) is 5.91 Å². The molecule has 1 aromatic heterocycles. The van der Waals surface area contributed by atoms with Gasteiger partial charge in [-0.25, -0.2) is 0 Å². The third-order valence-electron chi connectivity index (χ3n) is 3.52. The summed E-state index contributed by atoms with van der Waals surface area (Å²) in [6, 6.07) is 2.08. The lowest BCUT2D eigenvalue weighted by Gasteiger charge is -2.28. The number of carbonyl (C=O) groups excluding carboxylic acids is 1. The van der Waals surface area contributed by atoms with Crippen LogP contribution in [0.3, 0.4) is 0 Å². The van der Waals surface area contributed by atoms with Crippen LogP contribution < -0.4 is 5.73 Å². The molecule has 108 valence electrons. The number of nitrogens with two attached hydrogens (primary N) is 1. The number of carbonyl (C=O) groups is 1. The van der Waals surface area contributed by atoms with Crippen molar-refractivity contribution in [1.82, 2.24) is 4.90 Å². The Labute approximate surface area is 125 Å². The van der Waals surface area contributed by atoms with Gasteiger partial charge < -0.3 is 10.6 Å². The van der Waals surface area contributed by atoms with Crippen LogP contribution in [-0.2, 0) is 12.8 Å². The molecule has 1 aliphatic rings. The Balaban J connectivity index is 0.00000180. The highest BCUT2D eigenvalue weighted by Crippen LogP contribution is 2.31. The number of hydrogen-bond donors (Lipinski definition) is 1. The number of rotatable bonds is 4. The first-order chi connectivity index (χ1) is 8.43. The van der Waals surface area contributed by atoms with Crippen molar-refractivity contribution in [2.24, 2.45) is 11.1 Å². The molecule has 1 heterocycles. The van der Waals surface area contributed by atoms with Crippen molar-refractivity contribution in [3.8, 4) is 0 Å². The number of hydrogen-bond acceptors (Lipinski definition) is 3. The SMILES string of the molecule is CN(CC(C)(C)CN)C(=O)c1cc2c(s1)CCC2.Cl. The lowest BCUT2D eigenvalue weighted by atomic mass is 9.93. The number of aryl methyl sites for hydroxylation is 2. The number of thiophene rings is 1. The maximum atomic E-state index is 12.3. The van der Waals surface area contributed by atoms with Gasteiger partial charge in [0, 0.05) is 18.5 Å². The molecule has 1 amide bonds. The fraction of sp³-hybridized carbons (Fsp3) is 0.643. The van der Waals surface area contributed by atoms with E-state index in [0.29, 0.717) is 13.1 Å². The maximum absolute atomic E-state index is 12.3. The number of amides is 1. The van der Waals surface area contributed by atoms with Crippen molar-refractivity contribution >= 4 is 29.7 Å². The molecule has 0 aliphatic heterocycles. The zero-order valence-electron chi connectivity index (χ0n) is 11.9.